The fourth-order valence-electron chi connectivity index (χ4n) is 2.35. The number of aliphatic hydroxyl groups is 1. The summed E-state index contributed by atoms with van der Waals surface area (Å²) in [6, 6.07) is 8.26. The van der Waals surface area contributed by atoms with Crippen molar-refractivity contribution in [3.8, 4) is 0 Å². The zero-order valence-electron chi connectivity index (χ0n) is 12.2. The molecular weight excluding hydrogens is 254 g/mol. The zero-order chi connectivity index (χ0) is 14.2. The Balaban J connectivity index is 1.55. The van der Waals surface area contributed by atoms with Crippen LogP contribution in [0, 0.1) is 6.92 Å². The van der Waals surface area contributed by atoms with Crippen LogP contribution in [0.3, 0.4) is 0 Å². The van der Waals surface area contributed by atoms with Crippen molar-refractivity contribution in [3.63, 3.8) is 0 Å². The summed E-state index contributed by atoms with van der Waals surface area (Å²) in [6.07, 6.45) is 1.94. The number of rotatable bonds is 8. The first-order valence-corrected chi connectivity index (χ1v) is 7.38. The fourth-order valence-corrected chi connectivity index (χ4v) is 2.35. The summed E-state index contributed by atoms with van der Waals surface area (Å²) < 4.78 is 11.0. The van der Waals surface area contributed by atoms with Gasteiger partial charge in [-0.15, -0.1) is 0 Å². The van der Waals surface area contributed by atoms with Crippen LogP contribution in [0.4, 0.5) is 0 Å². The highest BCUT2D eigenvalue weighted by Gasteiger charge is 2.16. The summed E-state index contributed by atoms with van der Waals surface area (Å²) in [6.45, 7) is 5.21. The lowest BCUT2D eigenvalue weighted by atomic mass is 10.1. The molecule has 0 amide bonds. The quantitative estimate of drug-likeness (QED) is 0.759. The molecule has 1 fully saturated rings. The van der Waals surface area contributed by atoms with Crippen LogP contribution in [0.5, 0.6) is 0 Å². The summed E-state index contributed by atoms with van der Waals surface area (Å²) >= 11 is 0. The van der Waals surface area contributed by atoms with E-state index in [2.05, 4.69) is 24.4 Å². The molecule has 1 saturated heterocycles. The van der Waals surface area contributed by atoms with Gasteiger partial charge in [0, 0.05) is 19.7 Å². The van der Waals surface area contributed by atoms with Gasteiger partial charge in [0.05, 0.1) is 25.4 Å². The molecule has 4 heteroatoms. The Labute approximate surface area is 121 Å². The minimum absolute atomic E-state index is 0.224. The molecule has 2 rings (SSSR count). The maximum absolute atomic E-state index is 9.84. The van der Waals surface area contributed by atoms with Crippen molar-refractivity contribution >= 4 is 0 Å². The molecule has 1 heterocycles. The number of aliphatic hydroxyl groups excluding tert-OH is 1. The van der Waals surface area contributed by atoms with E-state index in [1.807, 2.05) is 12.1 Å². The molecule has 0 aromatic heterocycles. The molecule has 112 valence electrons. The van der Waals surface area contributed by atoms with E-state index >= 15 is 0 Å². The lowest BCUT2D eigenvalue weighted by Crippen LogP contribution is -2.31. The predicted molar refractivity (Wildman–Crippen MR) is 78.7 cm³/mol. The molecule has 2 N–H and O–H groups in total. The summed E-state index contributed by atoms with van der Waals surface area (Å²) in [5, 5.41) is 13.1. The second kappa shape index (κ2) is 8.37. The molecule has 2 atom stereocenters. The number of ether oxygens (including phenoxy) is 2. The topological polar surface area (TPSA) is 50.7 Å². The van der Waals surface area contributed by atoms with E-state index in [1.54, 1.807) is 0 Å². The van der Waals surface area contributed by atoms with Gasteiger partial charge in [0.2, 0.25) is 0 Å². The molecule has 0 spiro atoms. The van der Waals surface area contributed by atoms with Gasteiger partial charge in [-0.2, -0.15) is 0 Å². The number of nitrogens with one attached hydrogen (secondary N) is 1. The van der Waals surface area contributed by atoms with Crippen LogP contribution in [0.25, 0.3) is 0 Å². The van der Waals surface area contributed by atoms with Gasteiger partial charge < -0.3 is 19.9 Å². The van der Waals surface area contributed by atoms with Crippen molar-refractivity contribution < 1.29 is 14.6 Å². The standard InChI is InChI=1S/C16H25NO3/c1-13-5-2-3-6-14(13)9-17-10-15(18)11-19-12-16-7-4-8-20-16/h2-3,5-6,15-18H,4,7-12H2,1H3. The van der Waals surface area contributed by atoms with Crippen LogP contribution < -0.4 is 5.32 Å². The second-order valence-corrected chi connectivity index (χ2v) is 5.38. The van der Waals surface area contributed by atoms with Gasteiger partial charge in [-0.3, -0.25) is 0 Å². The normalized spacial score (nSPS) is 20.2. The first-order chi connectivity index (χ1) is 9.75. The van der Waals surface area contributed by atoms with Crippen LogP contribution >= 0.6 is 0 Å². The van der Waals surface area contributed by atoms with Crippen molar-refractivity contribution in [1.82, 2.24) is 5.32 Å². The maximum Gasteiger partial charge on any atom is 0.0897 e. The summed E-state index contributed by atoms with van der Waals surface area (Å²) in [5.41, 5.74) is 2.53. The molecular formula is C16H25NO3. The van der Waals surface area contributed by atoms with E-state index in [0.717, 1.165) is 26.0 Å². The minimum atomic E-state index is -0.472. The van der Waals surface area contributed by atoms with Crippen LogP contribution in [-0.2, 0) is 16.0 Å². The minimum Gasteiger partial charge on any atom is -0.389 e. The summed E-state index contributed by atoms with van der Waals surface area (Å²) in [4.78, 5) is 0. The first-order valence-electron chi connectivity index (χ1n) is 7.38. The summed E-state index contributed by atoms with van der Waals surface area (Å²) in [5.74, 6) is 0. The molecule has 4 nitrogen and oxygen atoms in total. The molecule has 0 saturated carbocycles. The van der Waals surface area contributed by atoms with Gasteiger partial charge in [0.25, 0.3) is 0 Å². The predicted octanol–water partition coefficient (Wildman–Crippen LogP) is 1.64. The van der Waals surface area contributed by atoms with Gasteiger partial charge in [-0.1, -0.05) is 24.3 Å². The van der Waals surface area contributed by atoms with Crippen LogP contribution in [0.2, 0.25) is 0 Å². The van der Waals surface area contributed by atoms with Crippen molar-refractivity contribution in [2.45, 2.75) is 38.5 Å². The third-order valence-electron chi connectivity index (χ3n) is 3.59. The molecule has 1 aliphatic rings. The monoisotopic (exact) mass is 279 g/mol. The third kappa shape index (κ3) is 5.21. The second-order valence-electron chi connectivity index (χ2n) is 5.38. The Morgan fingerprint density at radius 2 is 2.30 bits per heavy atom. The van der Waals surface area contributed by atoms with Crippen LogP contribution in [0.15, 0.2) is 24.3 Å². The highest BCUT2D eigenvalue weighted by Crippen LogP contribution is 2.12. The lowest BCUT2D eigenvalue weighted by molar-refractivity contribution is -0.0164. The lowest BCUT2D eigenvalue weighted by Gasteiger charge is -2.15. The van der Waals surface area contributed by atoms with E-state index in [0.29, 0.717) is 19.8 Å². The number of hydrogen-bond donors (Lipinski definition) is 2. The Morgan fingerprint density at radius 3 is 3.05 bits per heavy atom. The molecule has 1 aliphatic heterocycles. The number of hydrogen-bond acceptors (Lipinski definition) is 4. The smallest absolute Gasteiger partial charge is 0.0897 e. The Bertz CT molecular complexity index is 391. The molecule has 0 aliphatic carbocycles. The molecule has 2 unspecified atom stereocenters. The van der Waals surface area contributed by atoms with E-state index < -0.39 is 6.10 Å². The molecule has 20 heavy (non-hydrogen) atoms. The summed E-state index contributed by atoms with van der Waals surface area (Å²) in [7, 11) is 0. The number of aryl methyl sites for hydroxylation is 1. The van der Waals surface area contributed by atoms with E-state index in [9.17, 15) is 5.11 Å². The van der Waals surface area contributed by atoms with Crippen molar-refractivity contribution in [2.75, 3.05) is 26.4 Å². The average molecular weight is 279 g/mol. The van der Waals surface area contributed by atoms with Gasteiger partial charge in [0.15, 0.2) is 0 Å². The molecule has 0 radical (unpaired) electrons. The van der Waals surface area contributed by atoms with Gasteiger partial charge in [-0.05, 0) is 30.9 Å². The molecule has 1 aromatic carbocycles. The largest absolute Gasteiger partial charge is 0.389 e. The average Bonchev–Trinajstić information content (AvgIpc) is 2.94. The van der Waals surface area contributed by atoms with Gasteiger partial charge in [0.1, 0.15) is 0 Å². The van der Waals surface area contributed by atoms with E-state index in [1.165, 1.54) is 11.1 Å². The zero-order valence-corrected chi connectivity index (χ0v) is 12.2. The Hall–Kier alpha value is -0.940. The van der Waals surface area contributed by atoms with E-state index in [-0.39, 0.29) is 6.10 Å². The molecule has 0 bridgehead atoms. The highest BCUT2D eigenvalue weighted by molar-refractivity contribution is 5.25. The van der Waals surface area contributed by atoms with E-state index in [4.69, 9.17) is 9.47 Å². The first kappa shape index (κ1) is 15.4. The highest BCUT2D eigenvalue weighted by atomic mass is 16.5. The van der Waals surface area contributed by atoms with Gasteiger partial charge >= 0.3 is 0 Å². The molecule has 1 aromatic rings. The van der Waals surface area contributed by atoms with Crippen LogP contribution in [0.1, 0.15) is 24.0 Å². The van der Waals surface area contributed by atoms with Crippen LogP contribution in [-0.4, -0.2) is 43.7 Å². The van der Waals surface area contributed by atoms with Crippen molar-refractivity contribution in [1.29, 1.82) is 0 Å². The van der Waals surface area contributed by atoms with Crippen molar-refractivity contribution in [3.05, 3.63) is 35.4 Å². The maximum atomic E-state index is 9.84. The SMILES string of the molecule is Cc1ccccc1CNCC(O)COCC1CCCO1. The third-order valence-corrected chi connectivity index (χ3v) is 3.59. The fraction of sp³-hybridized carbons (Fsp3) is 0.625. The Kier molecular flexibility index (Phi) is 6.47. The Morgan fingerprint density at radius 1 is 1.45 bits per heavy atom. The number of benzene rings is 1. The van der Waals surface area contributed by atoms with Gasteiger partial charge in [-0.25, -0.2) is 0 Å². The van der Waals surface area contributed by atoms with Crippen molar-refractivity contribution in [2.24, 2.45) is 0 Å².